The van der Waals surface area contributed by atoms with Gasteiger partial charge >= 0.3 is 5.97 Å². The average Bonchev–Trinajstić information content (AvgIpc) is 3.34. The van der Waals surface area contributed by atoms with Gasteiger partial charge in [0, 0.05) is 31.4 Å². The van der Waals surface area contributed by atoms with Gasteiger partial charge in [0.2, 0.25) is 11.8 Å². The lowest BCUT2D eigenvalue weighted by Gasteiger charge is -2.28. The van der Waals surface area contributed by atoms with Gasteiger partial charge in [0.1, 0.15) is 6.04 Å². The van der Waals surface area contributed by atoms with Crippen molar-refractivity contribution in [2.75, 3.05) is 19.8 Å². The van der Waals surface area contributed by atoms with Crippen LogP contribution in [-0.4, -0.2) is 48.7 Å². The maximum absolute atomic E-state index is 11.9. The Balaban J connectivity index is 1.66. The van der Waals surface area contributed by atoms with Crippen molar-refractivity contribution in [3.8, 4) is 0 Å². The average molecular weight is 312 g/mol. The van der Waals surface area contributed by atoms with Crippen molar-refractivity contribution < 1.29 is 24.2 Å². The number of carbonyl (C=O) groups is 3. The molecule has 0 aromatic rings. The van der Waals surface area contributed by atoms with Crippen LogP contribution in [0.4, 0.5) is 0 Å². The molecule has 0 spiro atoms. The largest absolute Gasteiger partial charge is 0.480 e. The molecule has 7 nitrogen and oxygen atoms in total. The molecule has 2 fully saturated rings. The molecule has 1 aliphatic heterocycles. The molecule has 0 aromatic carbocycles. The van der Waals surface area contributed by atoms with E-state index in [1.807, 2.05) is 0 Å². The Morgan fingerprint density at radius 1 is 1.23 bits per heavy atom. The van der Waals surface area contributed by atoms with Crippen LogP contribution < -0.4 is 10.6 Å². The first-order valence-electron chi connectivity index (χ1n) is 7.95. The molecule has 124 valence electrons. The van der Waals surface area contributed by atoms with E-state index in [1.54, 1.807) is 0 Å². The van der Waals surface area contributed by atoms with Gasteiger partial charge in [0.25, 0.3) is 0 Å². The van der Waals surface area contributed by atoms with Crippen LogP contribution in [0.3, 0.4) is 0 Å². The molecule has 0 bridgehead atoms. The molecule has 1 aliphatic carbocycles. The van der Waals surface area contributed by atoms with E-state index in [9.17, 15) is 19.5 Å². The molecular formula is C15H24N2O5. The monoisotopic (exact) mass is 312 g/mol. The van der Waals surface area contributed by atoms with Crippen molar-refractivity contribution >= 4 is 17.8 Å². The summed E-state index contributed by atoms with van der Waals surface area (Å²) in [6.45, 7) is 1.47. The molecule has 22 heavy (non-hydrogen) atoms. The van der Waals surface area contributed by atoms with Crippen LogP contribution in [0.15, 0.2) is 0 Å². The first kappa shape index (κ1) is 16.7. The smallest absolute Gasteiger partial charge is 0.326 e. The Labute approximate surface area is 129 Å². The maximum Gasteiger partial charge on any atom is 0.326 e. The number of carboxylic acids is 1. The van der Waals surface area contributed by atoms with Crippen molar-refractivity contribution in [3.63, 3.8) is 0 Å². The van der Waals surface area contributed by atoms with E-state index < -0.39 is 12.0 Å². The van der Waals surface area contributed by atoms with Gasteiger partial charge in [-0.05, 0) is 32.1 Å². The number of ether oxygens (including phenoxy) is 1. The first-order chi connectivity index (χ1) is 10.6. The van der Waals surface area contributed by atoms with Gasteiger partial charge in [-0.2, -0.15) is 0 Å². The zero-order valence-corrected chi connectivity index (χ0v) is 12.7. The quantitative estimate of drug-likeness (QED) is 0.559. The second kappa shape index (κ2) is 8.12. The number of carboxylic acid groups (broad SMARTS) is 1. The number of amides is 2. The predicted molar refractivity (Wildman–Crippen MR) is 78.1 cm³/mol. The molecule has 2 atom stereocenters. The van der Waals surface area contributed by atoms with Gasteiger partial charge in [0.05, 0.1) is 6.61 Å². The maximum atomic E-state index is 11.9. The minimum absolute atomic E-state index is 0.0585. The third-order valence-electron chi connectivity index (χ3n) is 4.08. The Morgan fingerprint density at radius 2 is 2.00 bits per heavy atom. The molecule has 7 heteroatoms. The normalized spacial score (nSPS) is 22.6. The molecule has 2 aliphatic rings. The SMILES string of the molecule is O=C(CCCNC(=O)C1CC1)NC(C(=O)O)C1CCCOC1. The first-order valence-corrected chi connectivity index (χ1v) is 7.95. The highest BCUT2D eigenvalue weighted by Gasteiger charge is 2.31. The lowest BCUT2D eigenvalue weighted by atomic mass is 9.93. The Morgan fingerprint density at radius 3 is 2.59 bits per heavy atom. The fourth-order valence-corrected chi connectivity index (χ4v) is 2.61. The second-order valence-electron chi connectivity index (χ2n) is 6.03. The van der Waals surface area contributed by atoms with E-state index in [0.29, 0.717) is 26.2 Å². The van der Waals surface area contributed by atoms with Crippen molar-refractivity contribution in [1.82, 2.24) is 10.6 Å². The van der Waals surface area contributed by atoms with E-state index in [0.717, 1.165) is 25.7 Å². The summed E-state index contributed by atoms with van der Waals surface area (Å²) in [7, 11) is 0. The highest BCUT2D eigenvalue weighted by atomic mass is 16.5. The van der Waals surface area contributed by atoms with Gasteiger partial charge in [-0.3, -0.25) is 9.59 Å². The van der Waals surface area contributed by atoms with Crippen LogP contribution >= 0.6 is 0 Å². The molecule has 2 amide bonds. The van der Waals surface area contributed by atoms with Crippen molar-refractivity contribution in [3.05, 3.63) is 0 Å². The van der Waals surface area contributed by atoms with Crippen LogP contribution in [0.25, 0.3) is 0 Å². The van der Waals surface area contributed by atoms with Crippen LogP contribution in [0.1, 0.15) is 38.5 Å². The molecule has 3 N–H and O–H groups in total. The Bertz CT molecular complexity index is 416. The molecule has 1 heterocycles. The second-order valence-corrected chi connectivity index (χ2v) is 6.03. The lowest BCUT2D eigenvalue weighted by Crippen LogP contribution is -2.48. The minimum Gasteiger partial charge on any atom is -0.480 e. The fourth-order valence-electron chi connectivity index (χ4n) is 2.61. The number of nitrogens with one attached hydrogen (secondary N) is 2. The van der Waals surface area contributed by atoms with E-state index in [-0.39, 0.29) is 30.1 Å². The third kappa shape index (κ3) is 5.29. The summed E-state index contributed by atoms with van der Waals surface area (Å²) in [4.78, 5) is 34.6. The summed E-state index contributed by atoms with van der Waals surface area (Å²) in [5, 5.41) is 14.6. The van der Waals surface area contributed by atoms with Crippen molar-refractivity contribution in [2.24, 2.45) is 11.8 Å². The van der Waals surface area contributed by atoms with Crippen LogP contribution in [0, 0.1) is 11.8 Å². The van der Waals surface area contributed by atoms with Crippen LogP contribution in [-0.2, 0) is 19.1 Å². The Kier molecular flexibility index (Phi) is 6.18. The Hall–Kier alpha value is -1.63. The predicted octanol–water partition coefficient (Wildman–Crippen LogP) is 0.289. The van der Waals surface area contributed by atoms with Crippen molar-refractivity contribution in [2.45, 2.75) is 44.6 Å². The van der Waals surface area contributed by atoms with E-state index in [2.05, 4.69) is 10.6 Å². The third-order valence-corrected chi connectivity index (χ3v) is 4.08. The highest BCUT2D eigenvalue weighted by Crippen LogP contribution is 2.28. The summed E-state index contributed by atoms with van der Waals surface area (Å²) in [6.07, 6.45) is 4.19. The summed E-state index contributed by atoms with van der Waals surface area (Å²) in [5.74, 6) is -1.27. The summed E-state index contributed by atoms with van der Waals surface area (Å²) >= 11 is 0. The lowest BCUT2D eigenvalue weighted by molar-refractivity contribution is -0.145. The molecule has 0 radical (unpaired) electrons. The minimum atomic E-state index is -1.02. The van der Waals surface area contributed by atoms with E-state index in [4.69, 9.17) is 4.74 Å². The topological polar surface area (TPSA) is 105 Å². The summed E-state index contributed by atoms with van der Waals surface area (Å²) in [5.41, 5.74) is 0. The number of hydrogen-bond donors (Lipinski definition) is 3. The number of aliphatic carboxylic acids is 1. The molecule has 2 unspecified atom stereocenters. The molecule has 0 aromatic heterocycles. The van der Waals surface area contributed by atoms with Crippen LogP contribution in [0.5, 0.6) is 0 Å². The molecule has 1 saturated carbocycles. The van der Waals surface area contributed by atoms with E-state index in [1.165, 1.54) is 0 Å². The number of hydrogen-bond acceptors (Lipinski definition) is 4. The molecule has 2 rings (SSSR count). The molecule has 1 saturated heterocycles. The zero-order chi connectivity index (χ0) is 15.9. The fraction of sp³-hybridized carbons (Fsp3) is 0.800. The van der Waals surface area contributed by atoms with Gasteiger partial charge in [-0.25, -0.2) is 4.79 Å². The van der Waals surface area contributed by atoms with Crippen molar-refractivity contribution in [1.29, 1.82) is 0 Å². The van der Waals surface area contributed by atoms with E-state index >= 15 is 0 Å². The standard InChI is InChI=1S/C15H24N2O5/c18-12(4-1-7-16-14(19)10-5-6-10)17-13(15(20)21)11-3-2-8-22-9-11/h10-11,13H,1-9H2,(H,16,19)(H,17,18)(H,20,21). The van der Waals surface area contributed by atoms with Gasteiger partial charge in [-0.15, -0.1) is 0 Å². The highest BCUT2D eigenvalue weighted by molar-refractivity contribution is 5.84. The van der Waals surface area contributed by atoms with Gasteiger partial charge < -0.3 is 20.5 Å². The van der Waals surface area contributed by atoms with Gasteiger partial charge in [0.15, 0.2) is 0 Å². The summed E-state index contributed by atoms with van der Waals surface area (Å²) in [6, 6.07) is -0.895. The molecular weight excluding hydrogens is 288 g/mol. The number of rotatable bonds is 8. The number of carbonyl (C=O) groups excluding carboxylic acids is 2. The van der Waals surface area contributed by atoms with Crippen LogP contribution in [0.2, 0.25) is 0 Å². The summed E-state index contributed by atoms with van der Waals surface area (Å²) < 4.78 is 5.29. The zero-order valence-electron chi connectivity index (χ0n) is 12.7. The van der Waals surface area contributed by atoms with Gasteiger partial charge in [-0.1, -0.05) is 0 Å².